The molecule has 0 aliphatic heterocycles. The lowest BCUT2D eigenvalue weighted by Crippen LogP contribution is -2.42. The van der Waals surface area contributed by atoms with Crippen molar-refractivity contribution in [1.82, 2.24) is 5.32 Å². The van der Waals surface area contributed by atoms with Gasteiger partial charge in [-0.2, -0.15) is 0 Å². The monoisotopic (exact) mass is 170 g/mol. The van der Waals surface area contributed by atoms with Crippen LogP contribution in [0.4, 0.5) is 0 Å². The Kier molecular flexibility index (Phi) is 2.17. The van der Waals surface area contributed by atoms with Crippen LogP contribution in [0.2, 0.25) is 0 Å². The topological polar surface area (TPSA) is 55.1 Å². The molecule has 1 aliphatic carbocycles. The van der Waals surface area contributed by atoms with Gasteiger partial charge in [0.15, 0.2) is 0 Å². The van der Waals surface area contributed by atoms with E-state index in [1.165, 1.54) is 0 Å². The van der Waals surface area contributed by atoms with Crippen molar-refractivity contribution in [2.75, 3.05) is 0 Å². The zero-order chi connectivity index (χ0) is 9.41. The standard InChI is InChI=1S/C9H18N2O/c1-8(2,10)6-7(12)11-9(3)4-5-9/h4-6,10H2,1-3H3,(H,11,12). The molecule has 0 radical (unpaired) electrons. The van der Waals surface area contributed by atoms with E-state index in [0.29, 0.717) is 6.42 Å². The first kappa shape index (κ1) is 9.52. The van der Waals surface area contributed by atoms with Crippen LogP contribution in [-0.4, -0.2) is 17.0 Å². The van der Waals surface area contributed by atoms with E-state index in [4.69, 9.17) is 5.73 Å². The van der Waals surface area contributed by atoms with Crippen molar-refractivity contribution in [2.24, 2.45) is 5.73 Å². The number of rotatable bonds is 3. The quantitative estimate of drug-likeness (QED) is 0.657. The summed E-state index contributed by atoms with van der Waals surface area (Å²) in [7, 11) is 0. The van der Waals surface area contributed by atoms with Gasteiger partial charge >= 0.3 is 0 Å². The summed E-state index contributed by atoms with van der Waals surface area (Å²) in [6, 6.07) is 0. The molecular weight excluding hydrogens is 152 g/mol. The van der Waals surface area contributed by atoms with Gasteiger partial charge in [-0.05, 0) is 33.6 Å². The van der Waals surface area contributed by atoms with E-state index in [-0.39, 0.29) is 11.4 Å². The van der Waals surface area contributed by atoms with Gasteiger partial charge in [0, 0.05) is 17.5 Å². The fourth-order valence-corrected chi connectivity index (χ4v) is 1.11. The van der Waals surface area contributed by atoms with Gasteiger partial charge in [0.2, 0.25) is 5.91 Å². The highest BCUT2D eigenvalue weighted by atomic mass is 16.1. The zero-order valence-corrected chi connectivity index (χ0v) is 8.11. The molecular formula is C9H18N2O. The minimum atomic E-state index is -0.394. The average molecular weight is 170 g/mol. The van der Waals surface area contributed by atoms with Crippen LogP contribution < -0.4 is 11.1 Å². The molecule has 3 N–H and O–H groups in total. The van der Waals surface area contributed by atoms with Crippen molar-refractivity contribution in [2.45, 2.75) is 51.1 Å². The first-order valence-corrected chi connectivity index (χ1v) is 4.41. The Morgan fingerprint density at radius 3 is 2.42 bits per heavy atom. The van der Waals surface area contributed by atoms with Gasteiger partial charge in [-0.1, -0.05) is 0 Å². The fraction of sp³-hybridized carbons (Fsp3) is 0.889. The van der Waals surface area contributed by atoms with Gasteiger partial charge in [-0.3, -0.25) is 4.79 Å². The highest BCUT2D eigenvalue weighted by molar-refractivity contribution is 5.78. The molecule has 1 aliphatic rings. The van der Waals surface area contributed by atoms with E-state index < -0.39 is 5.54 Å². The van der Waals surface area contributed by atoms with Crippen LogP contribution in [0.1, 0.15) is 40.0 Å². The molecule has 0 atom stereocenters. The molecule has 0 unspecified atom stereocenters. The van der Waals surface area contributed by atoms with Crippen LogP contribution in [0.3, 0.4) is 0 Å². The number of nitrogens with two attached hydrogens (primary N) is 1. The number of hydrogen-bond donors (Lipinski definition) is 2. The van der Waals surface area contributed by atoms with Gasteiger partial charge in [-0.15, -0.1) is 0 Å². The molecule has 70 valence electrons. The summed E-state index contributed by atoms with van der Waals surface area (Å²) in [5.41, 5.74) is 5.41. The Hall–Kier alpha value is -0.570. The maximum absolute atomic E-state index is 11.3. The largest absolute Gasteiger partial charge is 0.351 e. The van der Waals surface area contributed by atoms with Gasteiger partial charge in [0.1, 0.15) is 0 Å². The molecule has 3 heteroatoms. The van der Waals surface area contributed by atoms with Crippen LogP contribution in [0, 0.1) is 0 Å². The summed E-state index contributed by atoms with van der Waals surface area (Å²) in [4.78, 5) is 11.3. The van der Waals surface area contributed by atoms with Crippen molar-refractivity contribution < 1.29 is 4.79 Å². The Morgan fingerprint density at radius 1 is 1.58 bits per heavy atom. The van der Waals surface area contributed by atoms with Crippen molar-refractivity contribution in [3.8, 4) is 0 Å². The molecule has 0 aromatic heterocycles. The van der Waals surface area contributed by atoms with E-state index in [9.17, 15) is 4.79 Å². The van der Waals surface area contributed by atoms with Crippen molar-refractivity contribution in [3.63, 3.8) is 0 Å². The summed E-state index contributed by atoms with van der Waals surface area (Å²) in [5, 5.41) is 2.97. The number of hydrogen-bond acceptors (Lipinski definition) is 2. The summed E-state index contributed by atoms with van der Waals surface area (Å²) >= 11 is 0. The fourth-order valence-electron chi connectivity index (χ4n) is 1.11. The highest BCUT2D eigenvalue weighted by Crippen LogP contribution is 2.34. The first-order valence-electron chi connectivity index (χ1n) is 4.41. The predicted octanol–water partition coefficient (Wildman–Crippen LogP) is 0.782. The second-order valence-electron chi connectivity index (χ2n) is 4.77. The van der Waals surface area contributed by atoms with Crippen LogP contribution in [-0.2, 0) is 4.79 Å². The minimum Gasteiger partial charge on any atom is -0.351 e. The van der Waals surface area contributed by atoms with E-state index in [1.54, 1.807) is 0 Å². The number of carbonyl (C=O) groups excluding carboxylic acids is 1. The van der Waals surface area contributed by atoms with Crippen LogP contribution in [0.25, 0.3) is 0 Å². The Labute approximate surface area is 73.7 Å². The SMILES string of the molecule is CC(C)(N)CC(=O)NC1(C)CC1. The summed E-state index contributed by atoms with van der Waals surface area (Å²) in [6.07, 6.45) is 2.61. The molecule has 0 bridgehead atoms. The lowest BCUT2D eigenvalue weighted by molar-refractivity contribution is -0.122. The van der Waals surface area contributed by atoms with E-state index >= 15 is 0 Å². The molecule has 0 heterocycles. The summed E-state index contributed by atoms with van der Waals surface area (Å²) < 4.78 is 0. The first-order chi connectivity index (χ1) is 5.31. The van der Waals surface area contributed by atoms with Crippen molar-refractivity contribution in [3.05, 3.63) is 0 Å². The zero-order valence-electron chi connectivity index (χ0n) is 8.11. The molecule has 0 aromatic carbocycles. The molecule has 12 heavy (non-hydrogen) atoms. The molecule has 0 aromatic rings. The Morgan fingerprint density at radius 2 is 2.08 bits per heavy atom. The van der Waals surface area contributed by atoms with Crippen LogP contribution in [0.5, 0.6) is 0 Å². The normalized spacial score (nSPS) is 20.3. The minimum absolute atomic E-state index is 0.0718. The third-order valence-corrected chi connectivity index (χ3v) is 2.06. The predicted molar refractivity (Wildman–Crippen MR) is 48.7 cm³/mol. The summed E-state index contributed by atoms with van der Waals surface area (Å²) in [5.74, 6) is 0.0718. The molecule has 1 saturated carbocycles. The molecule has 1 rings (SSSR count). The van der Waals surface area contributed by atoms with Gasteiger partial charge in [0.25, 0.3) is 0 Å². The van der Waals surface area contributed by atoms with E-state index in [0.717, 1.165) is 12.8 Å². The molecule has 0 spiro atoms. The van der Waals surface area contributed by atoms with Gasteiger partial charge < -0.3 is 11.1 Å². The van der Waals surface area contributed by atoms with Crippen LogP contribution >= 0.6 is 0 Å². The van der Waals surface area contributed by atoms with Crippen molar-refractivity contribution in [1.29, 1.82) is 0 Å². The maximum Gasteiger partial charge on any atom is 0.222 e. The lowest BCUT2D eigenvalue weighted by Gasteiger charge is -2.19. The van der Waals surface area contributed by atoms with E-state index in [1.807, 2.05) is 13.8 Å². The Bertz CT molecular complexity index is 180. The van der Waals surface area contributed by atoms with E-state index in [2.05, 4.69) is 12.2 Å². The number of carbonyl (C=O) groups is 1. The highest BCUT2D eigenvalue weighted by Gasteiger charge is 2.38. The third-order valence-electron chi connectivity index (χ3n) is 2.06. The van der Waals surface area contributed by atoms with Gasteiger partial charge in [0.05, 0.1) is 0 Å². The maximum atomic E-state index is 11.3. The second-order valence-corrected chi connectivity index (χ2v) is 4.77. The smallest absolute Gasteiger partial charge is 0.222 e. The number of amides is 1. The molecule has 0 saturated heterocycles. The summed E-state index contributed by atoms with van der Waals surface area (Å²) in [6.45, 7) is 5.79. The van der Waals surface area contributed by atoms with Crippen molar-refractivity contribution >= 4 is 5.91 Å². The number of nitrogens with one attached hydrogen (secondary N) is 1. The molecule has 1 fully saturated rings. The Balaban J connectivity index is 2.30. The second kappa shape index (κ2) is 2.73. The lowest BCUT2D eigenvalue weighted by atomic mass is 10.0. The molecule has 1 amide bonds. The van der Waals surface area contributed by atoms with Crippen LogP contribution in [0.15, 0.2) is 0 Å². The third kappa shape index (κ3) is 3.22. The average Bonchev–Trinajstić information content (AvgIpc) is 2.40. The molecule has 3 nitrogen and oxygen atoms in total. The van der Waals surface area contributed by atoms with Gasteiger partial charge in [-0.25, -0.2) is 0 Å².